The van der Waals surface area contributed by atoms with Gasteiger partial charge in [0, 0.05) is 23.7 Å². The third-order valence-corrected chi connectivity index (χ3v) is 5.54. The van der Waals surface area contributed by atoms with Gasteiger partial charge in [0.1, 0.15) is 11.6 Å². The summed E-state index contributed by atoms with van der Waals surface area (Å²) in [4.78, 5) is 21.6. The van der Waals surface area contributed by atoms with E-state index < -0.39 is 0 Å². The second-order valence-electron chi connectivity index (χ2n) is 6.39. The number of H-pyrrole nitrogens is 1. The van der Waals surface area contributed by atoms with Crippen LogP contribution in [-0.4, -0.2) is 24.1 Å². The van der Waals surface area contributed by atoms with Crippen molar-refractivity contribution in [2.45, 2.75) is 10.9 Å². The summed E-state index contributed by atoms with van der Waals surface area (Å²) in [5, 5.41) is 12.8. The van der Waals surface area contributed by atoms with Crippen molar-refractivity contribution in [1.29, 1.82) is 5.26 Å². The van der Waals surface area contributed by atoms with Crippen LogP contribution in [0.1, 0.15) is 11.3 Å². The Morgan fingerprint density at radius 3 is 2.69 bits per heavy atom. The predicted molar refractivity (Wildman–Crippen MR) is 111 cm³/mol. The van der Waals surface area contributed by atoms with Gasteiger partial charge in [-0.05, 0) is 24.3 Å². The maximum absolute atomic E-state index is 12.3. The maximum atomic E-state index is 12.3. The summed E-state index contributed by atoms with van der Waals surface area (Å²) in [5.41, 5.74) is 3.97. The van der Waals surface area contributed by atoms with Crippen LogP contribution in [0.5, 0.6) is 0 Å². The molecule has 0 unspecified atom stereocenters. The third-order valence-electron chi connectivity index (χ3n) is 4.56. The summed E-state index contributed by atoms with van der Waals surface area (Å²) in [5.74, 6) is 0.456. The molecule has 0 radical (unpaired) electrons. The van der Waals surface area contributed by atoms with E-state index in [2.05, 4.69) is 14.6 Å². The van der Waals surface area contributed by atoms with Gasteiger partial charge >= 0.3 is 0 Å². The first kappa shape index (κ1) is 17.3. The molecule has 0 atom stereocenters. The number of nitriles is 1. The van der Waals surface area contributed by atoms with Crippen molar-refractivity contribution >= 4 is 28.4 Å². The van der Waals surface area contributed by atoms with Crippen LogP contribution in [0.4, 0.5) is 0 Å². The molecular weight excluding hydrogens is 384 g/mol. The van der Waals surface area contributed by atoms with Crippen molar-refractivity contribution in [2.24, 2.45) is 0 Å². The summed E-state index contributed by atoms with van der Waals surface area (Å²) >= 11 is 1.50. The molecule has 0 spiro atoms. The van der Waals surface area contributed by atoms with Gasteiger partial charge in [-0.25, -0.2) is 14.5 Å². The van der Waals surface area contributed by atoms with Crippen LogP contribution < -0.4 is 5.56 Å². The molecule has 0 fully saturated rings. The summed E-state index contributed by atoms with van der Waals surface area (Å²) < 4.78 is 3.37. The Balaban J connectivity index is 1.56. The first-order valence-electron chi connectivity index (χ1n) is 8.90. The topological polar surface area (TPSA) is 91.8 Å². The fourth-order valence-corrected chi connectivity index (χ4v) is 4.17. The first-order chi connectivity index (χ1) is 14.2. The zero-order valence-corrected chi connectivity index (χ0v) is 15.9. The summed E-state index contributed by atoms with van der Waals surface area (Å²) in [6.45, 7) is 0. The fraction of sp³-hybridized carbons (Fsp3) is 0.0476. The molecule has 0 aliphatic rings. The zero-order chi connectivity index (χ0) is 19.8. The number of thioether (sulfide) groups is 1. The van der Waals surface area contributed by atoms with E-state index in [-0.39, 0.29) is 5.56 Å². The lowest BCUT2D eigenvalue weighted by Gasteiger charge is -2.08. The number of imidazole rings is 1. The number of nitrogens with one attached hydrogen (secondary N) is 1. The monoisotopic (exact) mass is 398 g/mol. The number of aromatic nitrogens is 5. The molecular formula is C21H14N6OS. The number of hydrogen-bond acceptors (Lipinski definition) is 5. The van der Waals surface area contributed by atoms with Gasteiger partial charge in [-0.15, -0.1) is 0 Å². The molecule has 140 valence electrons. The highest BCUT2D eigenvalue weighted by atomic mass is 32.2. The standard InChI is InChI=1S/C21H14N6OS/c22-11-14-12-23-27-19(28)10-15(24-20(14)27)13-29-21-25-17-8-4-5-9-18(17)26(21)16-6-2-1-3-7-16/h1-10,12,23H,13H2. The smallest absolute Gasteiger partial charge is 0.272 e. The lowest BCUT2D eigenvalue weighted by molar-refractivity contribution is 0.885. The number of nitrogens with zero attached hydrogens (tertiary/aromatic N) is 5. The van der Waals surface area contributed by atoms with Crippen LogP contribution in [0.3, 0.4) is 0 Å². The molecule has 0 aliphatic carbocycles. The van der Waals surface area contributed by atoms with Crippen LogP contribution in [0.25, 0.3) is 22.4 Å². The zero-order valence-electron chi connectivity index (χ0n) is 15.1. The Kier molecular flexibility index (Phi) is 4.15. The normalized spacial score (nSPS) is 11.1. The summed E-state index contributed by atoms with van der Waals surface area (Å²) in [6.07, 6.45) is 1.48. The van der Waals surface area contributed by atoms with Gasteiger partial charge in [-0.1, -0.05) is 42.1 Å². The average Bonchev–Trinajstić information content (AvgIpc) is 3.34. The molecule has 5 aromatic rings. The van der Waals surface area contributed by atoms with E-state index in [0.717, 1.165) is 21.9 Å². The van der Waals surface area contributed by atoms with E-state index >= 15 is 0 Å². The van der Waals surface area contributed by atoms with Crippen molar-refractivity contribution in [2.75, 3.05) is 0 Å². The number of rotatable bonds is 4. The molecule has 2 aromatic carbocycles. The van der Waals surface area contributed by atoms with Crippen molar-refractivity contribution in [1.82, 2.24) is 24.1 Å². The molecule has 8 heteroatoms. The fourth-order valence-electron chi connectivity index (χ4n) is 3.25. The second-order valence-corrected chi connectivity index (χ2v) is 7.33. The Hall–Kier alpha value is -3.83. The minimum absolute atomic E-state index is 0.247. The van der Waals surface area contributed by atoms with Gasteiger partial charge in [0.2, 0.25) is 0 Å². The third kappa shape index (κ3) is 2.98. The molecule has 0 saturated heterocycles. The second kappa shape index (κ2) is 6.96. The molecule has 1 N–H and O–H groups in total. The lowest BCUT2D eigenvalue weighted by atomic mass is 10.3. The number of para-hydroxylation sites is 3. The maximum Gasteiger partial charge on any atom is 0.272 e. The number of aromatic amines is 1. The summed E-state index contributed by atoms with van der Waals surface area (Å²) in [6, 6.07) is 21.5. The SMILES string of the molecule is N#Cc1c[nH]n2c(=O)cc(CSc3nc4ccccc4n3-c3ccccc3)nc12. The van der Waals surface area contributed by atoms with Crippen LogP contribution >= 0.6 is 11.8 Å². The van der Waals surface area contributed by atoms with Gasteiger partial charge in [-0.2, -0.15) is 5.26 Å². The van der Waals surface area contributed by atoms with Crippen LogP contribution in [0.2, 0.25) is 0 Å². The molecule has 7 nitrogen and oxygen atoms in total. The van der Waals surface area contributed by atoms with E-state index in [0.29, 0.717) is 22.7 Å². The Labute approximate surface area is 169 Å². The molecule has 3 aromatic heterocycles. The molecule has 5 rings (SSSR count). The highest BCUT2D eigenvalue weighted by Crippen LogP contribution is 2.29. The summed E-state index contributed by atoms with van der Waals surface area (Å²) in [7, 11) is 0. The van der Waals surface area contributed by atoms with Crippen molar-refractivity contribution in [3.8, 4) is 11.8 Å². The first-order valence-corrected chi connectivity index (χ1v) is 9.89. The van der Waals surface area contributed by atoms with E-state index in [1.54, 1.807) is 0 Å². The van der Waals surface area contributed by atoms with Gasteiger partial charge in [0.15, 0.2) is 10.8 Å². The highest BCUT2D eigenvalue weighted by Gasteiger charge is 2.14. The van der Waals surface area contributed by atoms with Gasteiger partial charge in [0.25, 0.3) is 5.56 Å². The van der Waals surface area contributed by atoms with Gasteiger partial charge in [0.05, 0.1) is 16.7 Å². The average molecular weight is 398 g/mol. The molecule has 0 bridgehead atoms. The van der Waals surface area contributed by atoms with Crippen molar-refractivity contribution in [3.63, 3.8) is 0 Å². The lowest BCUT2D eigenvalue weighted by Crippen LogP contribution is -2.15. The largest absolute Gasteiger partial charge is 0.295 e. The molecule has 0 amide bonds. The Morgan fingerprint density at radius 2 is 1.86 bits per heavy atom. The molecule has 29 heavy (non-hydrogen) atoms. The van der Waals surface area contributed by atoms with Crippen LogP contribution in [0.15, 0.2) is 76.8 Å². The van der Waals surface area contributed by atoms with Crippen LogP contribution in [0, 0.1) is 11.3 Å². The van der Waals surface area contributed by atoms with Crippen molar-refractivity contribution < 1.29 is 0 Å². The van der Waals surface area contributed by atoms with E-state index in [4.69, 9.17) is 4.98 Å². The molecule has 3 heterocycles. The number of fused-ring (bicyclic) bond motifs is 2. The quantitative estimate of drug-likeness (QED) is 0.468. The Morgan fingerprint density at radius 1 is 1.07 bits per heavy atom. The predicted octanol–water partition coefficient (Wildman–Crippen LogP) is 3.53. The molecule has 0 saturated carbocycles. The van der Waals surface area contributed by atoms with Crippen molar-refractivity contribution in [3.05, 3.63) is 88.5 Å². The minimum atomic E-state index is -0.247. The Bertz CT molecular complexity index is 1440. The van der Waals surface area contributed by atoms with E-state index in [1.165, 1.54) is 28.5 Å². The number of benzene rings is 2. The minimum Gasteiger partial charge on any atom is -0.295 e. The van der Waals surface area contributed by atoms with E-state index in [1.807, 2.05) is 60.7 Å². The van der Waals surface area contributed by atoms with E-state index in [9.17, 15) is 10.1 Å². The highest BCUT2D eigenvalue weighted by molar-refractivity contribution is 7.98. The number of hydrogen-bond donors (Lipinski definition) is 1. The van der Waals surface area contributed by atoms with Gasteiger partial charge < -0.3 is 0 Å². The molecule has 0 aliphatic heterocycles. The van der Waals surface area contributed by atoms with Gasteiger partial charge in [-0.3, -0.25) is 14.5 Å². The van der Waals surface area contributed by atoms with Crippen LogP contribution in [-0.2, 0) is 5.75 Å².